The number of carbonyl (C=O) groups excluding carboxylic acids is 1. The number of carbonyl (C=O) groups is 2. The van der Waals surface area contributed by atoms with Crippen LogP contribution in [0.1, 0.15) is 50.7 Å². The molecule has 1 fully saturated rings. The molecule has 5 heteroatoms. The van der Waals surface area contributed by atoms with Gasteiger partial charge in [0.15, 0.2) is 0 Å². The number of carboxylic acids is 1. The molecule has 0 aromatic heterocycles. The summed E-state index contributed by atoms with van der Waals surface area (Å²) in [4.78, 5) is 23.0. The molecule has 1 aliphatic carbocycles. The number of rotatable bonds is 8. The summed E-state index contributed by atoms with van der Waals surface area (Å²) in [7, 11) is 0. The molecule has 132 valence electrons. The summed E-state index contributed by atoms with van der Waals surface area (Å²) >= 11 is 0. The van der Waals surface area contributed by atoms with Crippen LogP contribution in [0.4, 0.5) is 0 Å². The Bertz CT molecular complexity index is 523. The van der Waals surface area contributed by atoms with Gasteiger partial charge in [-0.25, -0.2) is 0 Å². The van der Waals surface area contributed by atoms with E-state index in [4.69, 9.17) is 9.84 Å². The molecule has 1 atom stereocenters. The van der Waals surface area contributed by atoms with Crippen LogP contribution in [0.5, 0.6) is 0 Å². The second-order valence-electron chi connectivity index (χ2n) is 6.46. The Balaban J connectivity index is 1.57. The molecule has 1 amide bonds. The van der Waals surface area contributed by atoms with Crippen LogP contribution in [-0.2, 0) is 14.3 Å². The maximum absolute atomic E-state index is 12.1. The van der Waals surface area contributed by atoms with Crippen molar-refractivity contribution in [2.45, 2.75) is 45.1 Å². The van der Waals surface area contributed by atoms with Crippen LogP contribution in [0.2, 0.25) is 0 Å². The maximum Gasteiger partial charge on any atom is 0.306 e. The molecule has 0 saturated heterocycles. The molecule has 1 unspecified atom stereocenters. The molecule has 2 N–H and O–H groups in total. The first-order valence-electron chi connectivity index (χ1n) is 8.75. The molecule has 24 heavy (non-hydrogen) atoms. The standard InChI is InChI=1S/C19H27NO4/c1-14(15-6-3-2-4-7-15)24-13-5-12-20-18(21)16-8-10-17(11-9-16)19(22)23/h2-4,6-7,14,16-17H,5,8-13H2,1H3,(H,20,21)(H,22,23). The van der Waals surface area contributed by atoms with Crippen molar-refractivity contribution < 1.29 is 19.4 Å². The first-order valence-corrected chi connectivity index (χ1v) is 8.75. The van der Waals surface area contributed by atoms with Gasteiger partial charge in [0.25, 0.3) is 0 Å². The lowest BCUT2D eigenvalue weighted by Gasteiger charge is -2.25. The van der Waals surface area contributed by atoms with E-state index in [9.17, 15) is 9.59 Å². The highest BCUT2D eigenvalue weighted by molar-refractivity contribution is 5.79. The van der Waals surface area contributed by atoms with Crippen LogP contribution in [0.15, 0.2) is 30.3 Å². The van der Waals surface area contributed by atoms with E-state index in [1.807, 2.05) is 37.3 Å². The molecular weight excluding hydrogens is 306 g/mol. The zero-order chi connectivity index (χ0) is 17.4. The Morgan fingerprint density at radius 2 is 1.79 bits per heavy atom. The molecule has 0 bridgehead atoms. The summed E-state index contributed by atoms with van der Waals surface area (Å²) in [6.45, 7) is 3.22. The first-order chi connectivity index (χ1) is 11.6. The number of nitrogens with one attached hydrogen (secondary N) is 1. The average molecular weight is 333 g/mol. The Morgan fingerprint density at radius 3 is 2.42 bits per heavy atom. The van der Waals surface area contributed by atoms with Crippen LogP contribution < -0.4 is 5.32 Å². The van der Waals surface area contributed by atoms with E-state index in [0.717, 1.165) is 12.0 Å². The summed E-state index contributed by atoms with van der Waals surface area (Å²) in [5.74, 6) is -1.000. The molecule has 1 aliphatic rings. The van der Waals surface area contributed by atoms with Gasteiger partial charge >= 0.3 is 5.97 Å². The predicted molar refractivity (Wildman–Crippen MR) is 91.5 cm³/mol. The summed E-state index contributed by atoms with van der Waals surface area (Å²) < 4.78 is 5.78. The summed E-state index contributed by atoms with van der Waals surface area (Å²) in [5, 5.41) is 11.9. The van der Waals surface area contributed by atoms with Gasteiger partial charge in [-0.1, -0.05) is 30.3 Å². The van der Waals surface area contributed by atoms with Crippen molar-refractivity contribution in [3.63, 3.8) is 0 Å². The van der Waals surface area contributed by atoms with E-state index in [-0.39, 0.29) is 23.8 Å². The van der Waals surface area contributed by atoms with Crippen molar-refractivity contribution in [2.75, 3.05) is 13.2 Å². The van der Waals surface area contributed by atoms with E-state index in [2.05, 4.69) is 5.32 Å². The predicted octanol–water partition coefficient (Wildman–Crippen LogP) is 3.16. The fourth-order valence-electron chi connectivity index (χ4n) is 3.11. The molecule has 0 spiro atoms. The lowest BCUT2D eigenvalue weighted by atomic mass is 9.81. The van der Waals surface area contributed by atoms with Crippen molar-refractivity contribution in [3.05, 3.63) is 35.9 Å². The highest BCUT2D eigenvalue weighted by Gasteiger charge is 2.29. The average Bonchev–Trinajstić information content (AvgIpc) is 2.62. The molecule has 2 rings (SSSR count). The second kappa shape index (κ2) is 9.42. The van der Waals surface area contributed by atoms with E-state index in [1.54, 1.807) is 0 Å². The third kappa shape index (κ3) is 5.64. The minimum atomic E-state index is -0.737. The lowest BCUT2D eigenvalue weighted by Crippen LogP contribution is -2.35. The van der Waals surface area contributed by atoms with Gasteiger partial charge in [-0.05, 0) is 44.6 Å². The highest BCUT2D eigenvalue weighted by Crippen LogP contribution is 2.29. The SMILES string of the molecule is CC(OCCCNC(=O)C1CCC(C(=O)O)CC1)c1ccccc1. The lowest BCUT2D eigenvalue weighted by molar-refractivity contribution is -0.144. The number of carboxylic acid groups (broad SMARTS) is 1. The summed E-state index contributed by atoms with van der Waals surface area (Å²) in [6, 6.07) is 10.1. The Labute approximate surface area is 143 Å². The van der Waals surface area contributed by atoms with Gasteiger partial charge < -0.3 is 15.2 Å². The van der Waals surface area contributed by atoms with Crippen LogP contribution in [-0.4, -0.2) is 30.1 Å². The zero-order valence-corrected chi connectivity index (χ0v) is 14.2. The molecule has 0 heterocycles. The van der Waals surface area contributed by atoms with Crippen LogP contribution in [0.25, 0.3) is 0 Å². The molecular formula is C19H27NO4. The number of aliphatic carboxylic acids is 1. The molecule has 1 aromatic carbocycles. The molecule has 1 saturated carbocycles. The van der Waals surface area contributed by atoms with Gasteiger partial charge in [-0.15, -0.1) is 0 Å². The van der Waals surface area contributed by atoms with Crippen LogP contribution in [0, 0.1) is 11.8 Å². The van der Waals surface area contributed by atoms with E-state index < -0.39 is 5.97 Å². The highest BCUT2D eigenvalue weighted by atomic mass is 16.5. The van der Waals surface area contributed by atoms with Gasteiger partial charge in [-0.2, -0.15) is 0 Å². The van der Waals surface area contributed by atoms with E-state index in [1.165, 1.54) is 0 Å². The Kier molecular flexibility index (Phi) is 7.25. The Morgan fingerprint density at radius 1 is 1.17 bits per heavy atom. The van der Waals surface area contributed by atoms with Crippen molar-refractivity contribution in [1.29, 1.82) is 0 Å². The smallest absolute Gasteiger partial charge is 0.306 e. The molecule has 5 nitrogen and oxygen atoms in total. The van der Waals surface area contributed by atoms with Gasteiger partial charge in [0.1, 0.15) is 0 Å². The number of hydrogen-bond acceptors (Lipinski definition) is 3. The second-order valence-corrected chi connectivity index (χ2v) is 6.46. The first kappa shape index (κ1) is 18.5. The fraction of sp³-hybridized carbons (Fsp3) is 0.579. The number of amides is 1. The quantitative estimate of drug-likeness (QED) is 0.717. The van der Waals surface area contributed by atoms with Crippen molar-refractivity contribution in [3.8, 4) is 0 Å². The third-order valence-corrected chi connectivity index (χ3v) is 4.70. The zero-order valence-electron chi connectivity index (χ0n) is 14.2. The van der Waals surface area contributed by atoms with E-state index in [0.29, 0.717) is 38.8 Å². The minimum Gasteiger partial charge on any atom is -0.481 e. The van der Waals surface area contributed by atoms with Crippen molar-refractivity contribution >= 4 is 11.9 Å². The molecule has 1 aromatic rings. The number of benzene rings is 1. The maximum atomic E-state index is 12.1. The number of hydrogen-bond donors (Lipinski definition) is 2. The van der Waals surface area contributed by atoms with Crippen LogP contribution in [0.3, 0.4) is 0 Å². The van der Waals surface area contributed by atoms with E-state index >= 15 is 0 Å². The van der Waals surface area contributed by atoms with Gasteiger partial charge in [0.2, 0.25) is 5.91 Å². The normalized spacial score (nSPS) is 21.9. The van der Waals surface area contributed by atoms with Gasteiger partial charge in [0.05, 0.1) is 12.0 Å². The fourth-order valence-corrected chi connectivity index (χ4v) is 3.11. The van der Waals surface area contributed by atoms with Gasteiger partial charge in [0, 0.05) is 19.1 Å². The molecule has 0 aliphatic heterocycles. The molecule has 0 radical (unpaired) electrons. The monoisotopic (exact) mass is 333 g/mol. The third-order valence-electron chi connectivity index (χ3n) is 4.70. The summed E-state index contributed by atoms with van der Waals surface area (Å²) in [6.07, 6.45) is 3.37. The Hall–Kier alpha value is -1.88. The summed E-state index contributed by atoms with van der Waals surface area (Å²) in [5.41, 5.74) is 1.15. The number of ether oxygens (including phenoxy) is 1. The minimum absolute atomic E-state index is 0.0373. The van der Waals surface area contributed by atoms with Crippen molar-refractivity contribution in [2.24, 2.45) is 11.8 Å². The van der Waals surface area contributed by atoms with Gasteiger partial charge in [-0.3, -0.25) is 9.59 Å². The van der Waals surface area contributed by atoms with Crippen LogP contribution >= 0.6 is 0 Å². The largest absolute Gasteiger partial charge is 0.481 e. The topological polar surface area (TPSA) is 75.6 Å². The van der Waals surface area contributed by atoms with Crippen molar-refractivity contribution in [1.82, 2.24) is 5.32 Å².